The van der Waals surface area contributed by atoms with Crippen LogP contribution in [-0.4, -0.2) is 75.7 Å². The van der Waals surface area contributed by atoms with Crippen LogP contribution in [0.15, 0.2) is 24.3 Å². The second-order valence-corrected chi connectivity index (χ2v) is 9.10. The molecule has 2 aliphatic rings. The predicted octanol–water partition coefficient (Wildman–Crippen LogP) is 2.88. The van der Waals surface area contributed by atoms with E-state index in [1.54, 1.807) is 33.1 Å². The highest BCUT2D eigenvalue weighted by atomic mass is 16.6. The van der Waals surface area contributed by atoms with Crippen LogP contribution in [0.3, 0.4) is 0 Å². The zero-order valence-electron chi connectivity index (χ0n) is 20.6. The van der Waals surface area contributed by atoms with Gasteiger partial charge in [0.2, 0.25) is 0 Å². The van der Waals surface area contributed by atoms with Gasteiger partial charge < -0.3 is 29.8 Å². The van der Waals surface area contributed by atoms with Crippen molar-refractivity contribution in [2.75, 3.05) is 58.7 Å². The molecule has 34 heavy (non-hydrogen) atoms. The summed E-state index contributed by atoms with van der Waals surface area (Å²) in [5.74, 6) is 0.969. The Bertz CT molecular complexity index is 1060. The number of carbonyl (C=O) groups is 1. The van der Waals surface area contributed by atoms with Gasteiger partial charge in [0.05, 0.1) is 16.8 Å². The second kappa shape index (κ2) is 10.1. The smallest absolute Gasteiger partial charge is 0.414 e. The van der Waals surface area contributed by atoms with Crippen LogP contribution in [-0.2, 0) is 12.8 Å². The van der Waals surface area contributed by atoms with E-state index in [1.807, 2.05) is 31.3 Å². The number of nitrogens with zero attached hydrogens (tertiary/aromatic N) is 3. The molecule has 0 fully saturated rings. The average Bonchev–Trinajstić information content (AvgIpc) is 2.83. The van der Waals surface area contributed by atoms with Crippen LogP contribution < -0.4 is 25.2 Å². The lowest BCUT2D eigenvalue weighted by Gasteiger charge is -2.35. The maximum atomic E-state index is 12.6. The summed E-state index contributed by atoms with van der Waals surface area (Å²) in [4.78, 5) is 15.6. The molecule has 2 aromatic rings. The number of benzene rings is 2. The van der Waals surface area contributed by atoms with Crippen molar-refractivity contribution in [2.24, 2.45) is 0 Å². The first-order valence-corrected chi connectivity index (χ1v) is 11.7. The van der Waals surface area contributed by atoms with Gasteiger partial charge in [-0.25, -0.2) is 10.2 Å². The molecule has 9 nitrogen and oxygen atoms in total. The third-order valence-corrected chi connectivity index (χ3v) is 6.26. The van der Waals surface area contributed by atoms with Crippen molar-refractivity contribution in [3.8, 4) is 22.6 Å². The van der Waals surface area contributed by atoms with Gasteiger partial charge in [0, 0.05) is 39.9 Å². The number of rotatable bonds is 6. The van der Waals surface area contributed by atoms with E-state index in [9.17, 15) is 9.90 Å². The Labute approximate surface area is 201 Å². The van der Waals surface area contributed by atoms with E-state index in [0.29, 0.717) is 11.5 Å². The van der Waals surface area contributed by atoms with E-state index in [1.165, 1.54) is 10.5 Å². The number of aliphatic hydroxyl groups excluding tert-OH is 1. The minimum atomic E-state index is -1.14. The van der Waals surface area contributed by atoms with Crippen molar-refractivity contribution in [3.63, 3.8) is 0 Å². The van der Waals surface area contributed by atoms with Crippen molar-refractivity contribution in [3.05, 3.63) is 35.4 Å². The zero-order valence-corrected chi connectivity index (χ0v) is 20.6. The largest absolute Gasteiger partial charge is 0.451 e. The normalized spacial score (nSPS) is 15.8. The summed E-state index contributed by atoms with van der Waals surface area (Å²) in [6.07, 6.45) is 2.31. The topological polar surface area (TPSA) is 89.5 Å². The number of hydrazine groups is 1. The van der Waals surface area contributed by atoms with Crippen LogP contribution in [0.2, 0.25) is 0 Å². The maximum absolute atomic E-state index is 12.6. The molecule has 1 atom stereocenters. The number of anilines is 2. The van der Waals surface area contributed by atoms with Crippen LogP contribution in [0.1, 0.15) is 24.0 Å². The Balaban J connectivity index is 2.01. The number of fused-ring (bicyclic) bond motifs is 2. The number of aryl methyl sites for hydroxylation is 2. The second-order valence-electron chi connectivity index (χ2n) is 9.10. The predicted molar refractivity (Wildman–Crippen MR) is 133 cm³/mol. The fourth-order valence-corrected chi connectivity index (χ4v) is 4.50. The minimum absolute atomic E-state index is 0.450. The highest BCUT2D eigenvalue weighted by Gasteiger charge is 2.31. The Morgan fingerprint density at radius 3 is 2.47 bits per heavy atom. The van der Waals surface area contributed by atoms with Gasteiger partial charge in [-0.2, -0.15) is 0 Å². The standard InChI is InChI=1S/C25H35N5O4/c1-26-30-15-7-9-17-11-13-19(34-25(32)29(4)5)21(23(17)30)20-18(33-24(31)28(2)3)12-10-16-8-6-14-27-22(16)20/h10-13,25-27,32H,6-9,14-15H2,1-5H3. The Hall–Kier alpha value is -3.01. The van der Waals surface area contributed by atoms with Crippen molar-refractivity contribution >= 4 is 17.5 Å². The molecule has 1 amide bonds. The average molecular weight is 470 g/mol. The molecular weight excluding hydrogens is 434 g/mol. The fourth-order valence-electron chi connectivity index (χ4n) is 4.50. The number of hydrogen-bond donors (Lipinski definition) is 3. The van der Waals surface area contributed by atoms with Gasteiger partial charge >= 0.3 is 6.09 Å². The molecule has 3 N–H and O–H groups in total. The van der Waals surface area contributed by atoms with E-state index in [0.717, 1.165) is 66.8 Å². The SMILES string of the molecule is CNN1CCCc2ccc(OC(O)N(C)C)c(-c3c(OC(=O)N(C)C)ccc4c3NCCC4)c21. The Morgan fingerprint density at radius 1 is 1.06 bits per heavy atom. The van der Waals surface area contributed by atoms with Gasteiger partial charge in [-0.15, -0.1) is 0 Å². The molecule has 0 saturated heterocycles. The third-order valence-electron chi connectivity index (χ3n) is 6.26. The van der Waals surface area contributed by atoms with E-state index in [4.69, 9.17) is 9.47 Å². The molecule has 0 bridgehead atoms. The molecule has 9 heteroatoms. The van der Waals surface area contributed by atoms with Gasteiger partial charge in [-0.1, -0.05) is 12.1 Å². The van der Waals surface area contributed by atoms with Gasteiger partial charge in [0.1, 0.15) is 11.5 Å². The highest BCUT2D eigenvalue weighted by Crippen LogP contribution is 2.51. The first kappa shape index (κ1) is 24.1. The Morgan fingerprint density at radius 2 is 1.76 bits per heavy atom. The van der Waals surface area contributed by atoms with Crippen LogP contribution in [0.25, 0.3) is 11.1 Å². The van der Waals surface area contributed by atoms with Crippen molar-refractivity contribution < 1.29 is 19.4 Å². The summed E-state index contributed by atoms with van der Waals surface area (Å²) in [6.45, 7) is 1.65. The summed E-state index contributed by atoms with van der Waals surface area (Å²) >= 11 is 0. The first-order chi connectivity index (χ1) is 16.3. The lowest BCUT2D eigenvalue weighted by atomic mass is 9.89. The molecule has 4 rings (SSSR count). The van der Waals surface area contributed by atoms with Crippen molar-refractivity contribution in [2.45, 2.75) is 32.1 Å². The third kappa shape index (κ3) is 4.64. The molecule has 0 spiro atoms. The van der Waals surface area contributed by atoms with Gasteiger partial charge in [0.25, 0.3) is 6.41 Å². The highest BCUT2D eigenvalue weighted by molar-refractivity contribution is 5.97. The molecule has 1 unspecified atom stereocenters. The first-order valence-electron chi connectivity index (χ1n) is 11.7. The molecule has 2 aromatic carbocycles. The van der Waals surface area contributed by atoms with Crippen LogP contribution in [0.4, 0.5) is 16.2 Å². The molecule has 0 aromatic heterocycles. The molecular formula is C25H35N5O4. The molecule has 184 valence electrons. The lowest BCUT2D eigenvalue weighted by Crippen LogP contribution is -2.40. The van der Waals surface area contributed by atoms with Crippen molar-refractivity contribution in [1.82, 2.24) is 15.2 Å². The molecule has 2 heterocycles. The number of aliphatic hydroxyl groups is 1. The Kier molecular flexibility index (Phi) is 7.16. The van der Waals surface area contributed by atoms with Crippen LogP contribution in [0.5, 0.6) is 11.5 Å². The van der Waals surface area contributed by atoms with E-state index >= 15 is 0 Å². The summed E-state index contributed by atoms with van der Waals surface area (Å²) in [5.41, 5.74) is 9.10. The summed E-state index contributed by atoms with van der Waals surface area (Å²) in [5, 5.41) is 16.2. The quantitative estimate of drug-likeness (QED) is 0.557. The molecule has 0 radical (unpaired) electrons. The minimum Gasteiger partial charge on any atom is -0.451 e. The number of hydrogen-bond acceptors (Lipinski definition) is 8. The summed E-state index contributed by atoms with van der Waals surface area (Å²) in [7, 11) is 8.71. The van der Waals surface area contributed by atoms with Gasteiger partial charge in [-0.3, -0.25) is 4.90 Å². The number of ether oxygens (including phenoxy) is 2. The van der Waals surface area contributed by atoms with E-state index in [2.05, 4.69) is 15.8 Å². The number of nitrogens with one attached hydrogen (secondary N) is 2. The zero-order chi connectivity index (χ0) is 24.4. The van der Waals surface area contributed by atoms with Crippen molar-refractivity contribution in [1.29, 1.82) is 0 Å². The van der Waals surface area contributed by atoms with Gasteiger partial charge in [-0.05, 0) is 63.0 Å². The molecule has 2 aliphatic heterocycles. The van der Waals surface area contributed by atoms with Gasteiger partial charge in [0.15, 0.2) is 0 Å². The summed E-state index contributed by atoms with van der Waals surface area (Å²) < 4.78 is 11.9. The van der Waals surface area contributed by atoms with E-state index < -0.39 is 12.5 Å². The van der Waals surface area contributed by atoms with Crippen LogP contribution in [0, 0.1) is 0 Å². The fraction of sp³-hybridized carbons (Fsp3) is 0.480. The molecule has 0 aliphatic carbocycles. The lowest BCUT2D eigenvalue weighted by molar-refractivity contribution is -0.113. The van der Waals surface area contributed by atoms with E-state index in [-0.39, 0.29) is 0 Å². The number of amides is 1. The van der Waals surface area contributed by atoms with Crippen LogP contribution >= 0.6 is 0 Å². The molecule has 0 saturated carbocycles. The maximum Gasteiger partial charge on any atom is 0.414 e. The monoisotopic (exact) mass is 469 g/mol. The summed E-state index contributed by atoms with van der Waals surface area (Å²) in [6, 6.07) is 7.83. The number of carbonyl (C=O) groups excluding carboxylic acids is 1.